The van der Waals surface area contributed by atoms with Crippen LogP contribution in [0.5, 0.6) is 0 Å². The quantitative estimate of drug-likeness (QED) is 0.394. The molecule has 0 aliphatic heterocycles. The van der Waals surface area contributed by atoms with Gasteiger partial charge in [0, 0.05) is 51.4 Å². The van der Waals surface area contributed by atoms with Crippen molar-refractivity contribution in [2.45, 2.75) is 0 Å². The zero-order valence-electron chi connectivity index (χ0n) is 2.71. The van der Waals surface area contributed by atoms with E-state index in [0.717, 1.165) is 0 Å². The molecule has 25 valence electrons. The van der Waals surface area contributed by atoms with E-state index < -0.39 is 0 Å². The first-order valence-electron chi connectivity index (χ1n) is 0.655. The minimum Gasteiger partial charge on any atom is -0.175 e. The largest absolute Gasteiger partial charge is 0.524 e. The van der Waals surface area contributed by atoms with Crippen LogP contribution in [0, 0.1) is 0 Å². The van der Waals surface area contributed by atoms with Gasteiger partial charge >= 0.3 is 4.30 Å². The van der Waals surface area contributed by atoms with Crippen LogP contribution in [0.25, 0.3) is 0 Å². The number of rotatable bonds is 0. The molecule has 0 N–H and O–H groups in total. The summed E-state index contributed by atoms with van der Waals surface area (Å²) >= 11 is 7.37. The van der Waals surface area contributed by atoms with Gasteiger partial charge in [0.05, 0.1) is 0 Å². The second-order valence-electron chi connectivity index (χ2n) is 0.247. The molecule has 0 aliphatic carbocycles. The van der Waals surface area contributed by atoms with Crippen molar-refractivity contribution in [2.75, 3.05) is 0 Å². The Kier molecular flexibility index (Phi) is 20.2. The van der Waals surface area contributed by atoms with Gasteiger partial charge in [-0.2, -0.15) is 60.8 Å². The Balaban J connectivity index is 0. The van der Waals surface area contributed by atoms with Crippen LogP contribution >= 0.6 is 60.8 Å². The van der Waals surface area contributed by atoms with E-state index in [9.17, 15) is 0 Å². The Bertz CT molecular complexity index is 11.6. The van der Waals surface area contributed by atoms with Crippen LogP contribution in [0.3, 0.4) is 0 Å². The number of halogens is 3. The Morgan fingerprint density at radius 3 is 1.00 bits per heavy atom. The minimum atomic E-state index is -0.229. The van der Waals surface area contributed by atoms with Crippen LogP contribution < -0.4 is 0 Å². The van der Waals surface area contributed by atoms with Crippen LogP contribution in [0.4, 0.5) is 0 Å². The third-order valence-electron chi connectivity index (χ3n) is 0. The fraction of sp³-hybridized carbons (Fsp3) is 0. The molecule has 0 aromatic rings. The van der Waals surface area contributed by atoms with E-state index in [-0.39, 0.29) is 55.7 Å². The second-order valence-corrected chi connectivity index (χ2v) is 33.4. The van der Waals surface area contributed by atoms with E-state index >= 15 is 0 Å². The molecule has 0 aliphatic rings. The van der Waals surface area contributed by atoms with Crippen LogP contribution in [-0.4, -0.2) is 55.7 Å². The molecule has 0 saturated heterocycles. The van der Waals surface area contributed by atoms with Crippen LogP contribution in [0.15, 0.2) is 0 Å². The van der Waals surface area contributed by atoms with E-state index in [1.54, 1.807) is 0 Å². The molecule has 0 unspecified atom stereocenters. The molecule has 0 nitrogen and oxygen atoms in total. The molecule has 0 aromatic carbocycles. The van der Waals surface area contributed by atoms with E-state index in [1.165, 1.54) is 0 Å². The van der Waals surface area contributed by atoms with E-state index in [2.05, 4.69) is 60.8 Å². The summed E-state index contributed by atoms with van der Waals surface area (Å²) in [5.74, 6) is 0. The van der Waals surface area contributed by atoms with Crippen molar-refractivity contribution in [3.05, 3.63) is 0 Å². The van der Waals surface area contributed by atoms with Crippen molar-refractivity contribution in [3.63, 3.8) is 0 Å². The third kappa shape index (κ3) is 17.8. The summed E-state index contributed by atoms with van der Waals surface area (Å²) in [6.07, 6.45) is 0. The van der Waals surface area contributed by atoms with Crippen molar-refractivity contribution >= 4 is 117 Å². The Morgan fingerprint density at radius 2 is 1.00 bits per heavy atom. The van der Waals surface area contributed by atoms with Gasteiger partial charge in [0.25, 0.3) is 0 Å². The van der Waals surface area contributed by atoms with Gasteiger partial charge < -0.3 is 0 Å². The van der Waals surface area contributed by atoms with Gasteiger partial charge in [0.15, 0.2) is 0 Å². The van der Waals surface area contributed by atoms with Gasteiger partial charge in [0.2, 0.25) is 0 Å². The first-order valence-corrected chi connectivity index (χ1v) is 13.2. The predicted molar refractivity (Wildman–Crippen MR) is 53.6 cm³/mol. The van der Waals surface area contributed by atoms with E-state index in [4.69, 9.17) is 0 Å². The smallest absolute Gasteiger partial charge is 0.175 e. The average Bonchev–Trinajstić information content (AvgIpc) is 0.811. The fourth-order valence-electron chi connectivity index (χ4n) is 0. The Morgan fingerprint density at radius 1 is 1.00 bits per heavy atom. The van der Waals surface area contributed by atoms with Crippen LogP contribution in [-0.2, 0) is 0 Å². The predicted octanol–water partition coefficient (Wildman–Crippen LogP) is 1.90. The number of hydrogen-bond acceptors (Lipinski definition) is 0. The zero-order valence-corrected chi connectivity index (χ0v) is 13.5. The first kappa shape index (κ1) is 12.1. The van der Waals surface area contributed by atoms with E-state index in [1.807, 2.05) is 0 Å². The molecule has 0 spiro atoms. The van der Waals surface area contributed by atoms with Gasteiger partial charge in [-0.15, -0.1) is 0 Å². The van der Waals surface area contributed by atoms with Crippen molar-refractivity contribution in [2.24, 2.45) is 0 Å². The maximum atomic E-state index is 2.46. The summed E-state index contributed by atoms with van der Waals surface area (Å²) in [7, 11) is 0. The number of hydrogen-bond donors (Lipinski definition) is 0. The summed E-state index contributed by atoms with van der Waals surface area (Å²) < 4.78 is -0.229. The summed E-state index contributed by atoms with van der Waals surface area (Å²) in [6.45, 7) is 0. The van der Waals surface area contributed by atoms with Gasteiger partial charge in [0.1, 0.15) is 0 Å². The topological polar surface area (TPSA) is 0 Å². The summed E-state index contributed by atoms with van der Waals surface area (Å²) in [5, 5.41) is 0. The molecule has 0 saturated carbocycles. The molecule has 0 amide bonds. The normalized spacial score (nSPS) is 5.40. The van der Waals surface area contributed by atoms with Crippen molar-refractivity contribution in [1.82, 2.24) is 0 Å². The molecule has 1 radical (unpaired) electrons. The molecule has 0 fully saturated rings. The molecule has 0 rings (SSSR count). The summed E-state index contributed by atoms with van der Waals surface area (Å²) in [4.78, 5) is 0. The van der Waals surface area contributed by atoms with Crippen molar-refractivity contribution in [1.29, 1.82) is 0 Å². The molecular formula is AlI3K. The van der Waals surface area contributed by atoms with Gasteiger partial charge in [-0.3, -0.25) is 0 Å². The van der Waals surface area contributed by atoms with Crippen molar-refractivity contribution in [3.8, 4) is 0 Å². The molecule has 0 aromatic heterocycles. The maximum Gasteiger partial charge on any atom is 0.524 e. The molecular weight excluding hydrogens is 447 g/mol. The molecule has 5 heteroatoms. The molecule has 5 heavy (non-hydrogen) atoms. The molecule has 0 bridgehead atoms. The second kappa shape index (κ2) is 8.36. The van der Waals surface area contributed by atoms with Gasteiger partial charge in [-0.05, 0) is 0 Å². The molecule has 0 heterocycles. The minimum absolute atomic E-state index is 0. The van der Waals surface area contributed by atoms with Gasteiger partial charge in [-0.25, -0.2) is 0 Å². The molecule has 0 atom stereocenters. The average molecular weight is 447 g/mol. The van der Waals surface area contributed by atoms with Crippen LogP contribution in [0.1, 0.15) is 0 Å². The van der Waals surface area contributed by atoms with Gasteiger partial charge in [-0.1, -0.05) is 0 Å². The monoisotopic (exact) mass is 447 g/mol. The summed E-state index contributed by atoms with van der Waals surface area (Å²) in [6, 6.07) is 0. The van der Waals surface area contributed by atoms with Crippen LogP contribution in [0.2, 0.25) is 0 Å². The fourth-order valence-corrected chi connectivity index (χ4v) is 0. The SMILES string of the molecule is [I][Al]([I])[I].[K]. The van der Waals surface area contributed by atoms with Crippen molar-refractivity contribution < 1.29 is 0 Å². The zero-order chi connectivity index (χ0) is 3.58. The summed E-state index contributed by atoms with van der Waals surface area (Å²) in [5.41, 5.74) is 0. The standard InChI is InChI=1S/Al.3HI.K/h;3*1H;/q+3;;;;/p-3. The third-order valence-corrected chi connectivity index (χ3v) is 0. The Hall–Kier alpha value is 4.36. The van der Waals surface area contributed by atoms with E-state index in [0.29, 0.717) is 0 Å². The Labute approximate surface area is 112 Å². The maximum absolute atomic E-state index is 2.46. The first-order chi connectivity index (χ1) is 1.73.